The van der Waals surface area contributed by atoms with Crippen molar-refractivity contribution in [1.29, 1.82) is 5.26 Å². The average molecular weight is 186 g/mol. The van der Waals surface area contributed by atoms with Crippen molar-refractivity contribution in [2.75, 3.05) is 6.54 Å². The predicted molar refractivity (Wildman–Crippen MR) is 53.3 cm³/mol. The average Bonchev–Trinajstić information content (AvgIpc) is 2.21. The zero-order valence-electron chi connectivity index (χ0n) is 7.57. The quantitative estimate of drug-likeness (QED) is 0.697. The van der Waals surface area contributed by atoms with Crippen molar-refractivity contribution in [3.05, 3.63) is 29.8 Å². The van der Waals surface area contributed by atoms with E-state index in [0.29, 0.717) is 6.54 Å². The summed E-state index contributed by atoms with van der Waals surface area (Å²) < 4.78 is 0. The molecule has 2 N–H and O–H groups in total. The third-order valence-corrected chi connectivity index (χ3v) is 1.76. The van der Waals surface area contributed by atoms with Gasteiger partial charge in [0.2, 0.25) is 0 Å². The van der Waals surface area contributed by atoms with E-state index in [9.17, 15) is 0 Å². The molecule has 0 saturated heterocycles. The first-order valence-electron chi connectivity index (χ1n) is 4.13. The highest BCUT2D eigenvalue weighted by atomic mass is 16.3. The Morgan fingerprint density at radius 3 is 2.57 bits per heavy atom. The van der Waals surface area contributed by atoms with Gasteiger partial charge >= 0.3 is 0 Å². The van der Waals surface area contributed by atoms with Gasteiger partial charge in [0.25, 0.3) is 0 Å². The van der Waals surface area contributed by atoms with Gasteiger partial charge in [0.05, 0.1) is 12.6 Å². The Morgan fingerprint density at radius 1 is 1.43 bits per heavy atom. The number of benzene rings is 1. The molecule has 70 valence electrons. The second kappa shape index (κ2) is 4.91. The smallest absolute Gasteiger partial charge is 0.122 e. The van der Waals surface area contributed by atoms with Gasteiger partial charge in [-0.3, -0.25) is 5.32 Å². The van der Waals surface area contributed by atoms with Crippen LogP contribution in [-0.2, 0) is 0 Å². The molecule has 3 heteroatoms. The minimum Gasteiger partial charge on any atom is -0.508 e. The van der Waals surface area contributed by atoms with Crippen LogP contribution in [0.3, 0.4) is 0 Å². The molecule has 0 aliphatic rings. The maximum Gasteiger partial charge on any atom is 0.122 e. The van der Waals surface area contributed by atoms with Crippen LogP contribution in [0.5, 0.6) is 5.75 Å². The normalized spacial score (nSPS) is 11.3. The van der Waals surface area contributed by atoms with E-state index in [4.69, 9.17) is 16.8 Å². The molecule has 1 unspecified atom stereocenters. The van der Waals surface area contributed by atoms with Gasteiger partial charge in [-0.1, -0.05) is 18.1 Å². The third kappa shape index (κ3) is 2.52. The summed E-state index contributed by atoms with van der Waals surface area (Å²) >= 11 is 0. The van der Waals surface area contributed by atoms with Gasteiger partial charge in [0, 0.05) is 0 Å². The zero-order valence-corrected chi connectivity index (χ0v) is 7.57. The molecular formula is C11H10N2O. The van der Waals surface area contributed by atoms with Crippen molar-refractivity contribution in [3.63, 3.8) is 0 Å². The molecule has 0 aliphatic carbocycles. The molecule has 1 aromatic carbocycles. The summed E-state index contributed by atoms with van der Waals surface area (Å²) in [5, 5.41) is 20.8. The number of aromatic hydroxyl groups is 1. The summed E-state index contributed by atoms with van der Waals surface area (Å²) in [4.78, 5) is 0. The van der Waals surface area contributed by atoms with Crippen LogP contribution in [0.25, 0.3) is 0 Å². The lowest BCUT2D eigenvalue weighted by atomic mass is 10.1. The highest BCUT2D eigenvalue weighted by molar-refractivity contribution is 5.30. The molecular weight excluding hydrogens is 176 g/mol. The number of hydrogen-bond donors (Lipinski definition) is 2. The van der Waals surface area contributed by atoms with E-state index in [1.54, 1.807) is 12.1 Å². The Balaban J connectivity index is 2.76. The second-order valence-electron chi connectivity index (χ2n) is 2.74. The summed E-state index contributed by atoms with van der Waals surface area (Å²) in [5.41, 5.74) is 0.792. The van der Waals surface area contributed by atoms with E-state index in [0.717, 1.165) is 5.56 Å². The van der Waals surface area contributed by atoms with E-state index in [-0.39, 0.29) is 5.75 Å². The summed E-state index contributed by atoms with van der Waals surface area (Å²) in [5.74, 6) is 2.58. The Kier molecular flexibility index (Phi) is 3.55. The lowest BCUT2D eigenvalue weighted by Gasteiger charge is -2.08. The number of nitriles is 1. The lowest BCUT2D eigenvalue weighted by molar-refractivity contribution is 0.475. The molecule has 3 nitrogen and oxygen atoms in total. The maximum atomic E-state index is 9.05. The first kappa shape index (κ1) is 10.1. The van der Waals surface area contributed by atoms with E-state index in [1.807, 2.05) is 0 Å². The number of terminal acetylenes is 1. The Hall–Kier alpha value is -1.97. The van der Waals surface area contributed by atoms with Gasteiger partial charge in [0.1, 0.15) is 11.8 Å². The minimum atomic E-state index is -0.424. The number of phenolic OH excluding ortho intramolecular Hbond substituents is 1. The Morgan fingerprint density at radius 2 is 2.07 bits per heavy atom. The number of phenols is 1. The van der Waals surface area contributed by atoms with Crippen molar-refractivity contribution in [1.82, 2.24) is 5.32 Å². The van der Waals surface area contributed by atoms with Crippen LogP contribution in [0.1, 0.15) is 11.6 Å². The number of nitrogens with one attached hydrogen (secondary N) is 1. The fraction of sp³-hybridized carbons (Fsp3) is 0.182. The van der Waals surface area contributed by atoms with Crippen LogP contribution in [0.15, 0.2) is 24.3 Å². The Bertz CT molecular complexity index is 370. The maximum absolute atomic E-state index is 9.05. The molecule has 0 bridgehead atoms. The topological polar surface area (TPSA) is 56.0 Å². The molecule has 0 aliphatic heterocycles. The monoisotopic (exact) mass is 186 g/mol. The minimum absolute atomic E-state index is 0.183. The Labute approximate surface area is 83.0 Å². The molecule has 1 rings (SSSR count). The first-order valence-corrected chi connectivity index (χ1v) is 4.13. The standard InChI is InChI=1S/C11H10N2O/c1-2-7-13-11(8-12)9-3-5-10(14)6-4-9/h1,3-6,11,13-14H,7H2. The fourth-order valence-corrected chi connectivity index (χ4v) is 1.07. The van der Waals surface area contributed by atoms with Crippen LogP contribution in [0.2, 0.25) is 0 Å². The van der Waals surface area contributed by atoms with Crippen LogP contribution < -0.4 is 5.32 Å². The van der Waals surface area contributed by atoms with Crippen LogP contribution >= 0.6 is 0 Å². The number of rotatable bonds is 3. The molecule has 0 amide bonds. The summed E-state index contributed by atoms with van der Waals surface area (Å²) in [6.45, 7) is 0.346. The second-order valence-corrected chi connectivity index (χ2v) is 2.74. The van der Waals surface area contributed by atoms with Crippen molar-refractivity contribution in [2.45, 2.75) is 6.04 Å². The van der Waals surface area contributed by atoms with Crippen molar-refractivity contribution >= 4 is 0 Å². The molecule has 0 spiro atoms. The molecule has 0 saturated carbocycles. The number of hydrogen-bond acceptors (Lipinski definition) is 3. The van der Waals surface area contributed by atoms with Crippen molar-refractivity contribution < 1.29 is 5.11 Å². The molecule has 1 atom stereocenters. The van der Waals surface area contributed by atoms with Crippen LogP contribution in [-0.4, -0.2) is 11.7 Å². The largest absolute Gasteiger partial charge is 0.508 e. The molecule has 0 heterocycles. The van der Waals surface area contributed by atoms with Crippen LogP contribution in [0, 0.1) is 23.7 Å². The van der Waals surface area contributed by atoms with E-state index < -0.39 is 6.04 Å². The highest BCUT2D eigenvalue weighted by Crippen LogP contribution is 2.15. The molecule has 14 heavy (non-hydrogen) atoms. The molecule has 0 radical (unpaired) electrons. The van der Waals surface area contributed by atoms with E-state index in [2.05, 4.69) is 17.3 Å². The van der Waals surface area contributed by atoms with Gasteiger partial charge in [-0.2, -0.15) is 5.26 Å². The lowest BCUT2D eigenvalue weighted by Crippen LogP contribution is -2.19. The van der Waals surface area contributed by atoms with Gasteiger partial charge in [-0.05, 0) is 17.7 Å². The molecule has 1 aromatic rings. The summed E-state index contributed by atoms with van der Waals surface area (Å²) in [7, 11) is 0. The fourth-order valence-electron chi connectivity index (χ4n) is 1.07. The van der Waals surface area contributed by atoms with Crippen molar-refractivity contribution in [3.8, 4) is 24.2 Å². The van der Waals surface area contributed by atoms with E-state index in [1.165, 1.54) is 12.1 Å². The van der Waals surface area contributed by atoms with Crippen molar-refractivity contribution in [2.24, 2.45) is 0 Å². The van der Waals surface area contributed by atoms with Gasteiger partial charge in [-0.15, -0.1) is 6.42 Å². The first-order chi connectivity index (χ1) is 6.77. The van der Waals surface area contributed by atoms with Gasteiger partial charge in [0.15, 0.2) is 0 Å². The van der Waals surface area contributed by atoms with Crippen LogP contribution in [0.4, 0.5) is 0 Å². The zero-order chi connectivity index (χ0) is 10.4. The van der Waals surface area contributed by atoms with Gasteiger partial charge in [-0.25, -0.2) is 0 Å². The SMILES string of the molecule is C#CCNC(C#N)c1ccc(O)cc1. The third-order valence-electron chi connectivity index (χ3n) is 1.76. The summed E-state index contributed by atoms with van der Waals surface area (Å²) in [6, 6.07) is 8.11. The predicted octanol–water partition coefficient (Wildman–Crippen LogP) is 1.18. The highest BCUT2D eigenvalue weighted by Gasteiger charge is 2.07. The summed E-state index contributed by atoms with van der Waals surface area (Å²) in [6.07, 6.45) is 5.07. The number of nitrogens with zero attached hydrogens (tertiary/aromatic N) is 1. The van der Waals surface area contributed by atoms with E-state index >= 15 is 0 Å². The van der Waals surface area contributed by atoms with Gasteiger partial charge < -0.3 is 5.11 Å². The molecule has 0 fully saturated rings. The molecule has 0 aromatic heterocycles.